The summed E-state index contributed by atoms with van der Waals surface area (Å²) < 4.78 is 15.3. The van der Waals surface area contributed by atoms with Gasteiger partial charge < -0.3 is 4.90 Å². The van der Waals surface area contributed by atoms with Crippen molar-refractivity contribution in [3.05, 3.63) is 69.0 Å². The van der Waals surface area contributed by atoms with Crippen molar-refractivity contribution >= 4 is 11.6 Å². The third-order valence-corrected chi connectivity index (χ3v) is 7.27. The largest absolute Gasteiger partial charge is 0.330 e. The smallest absolute Gasteiger partial charge is 0.277 e. The van der Waals surface area contributed by atoms with E-state index >= 15 is 0 Å². The number of fused-ring (bicyclic) bond motifs is 2. The van der Waals surface area contributed by atoms with Gasteiger partial charge in [0.2, 0.25) is 0 Å². The molecule has 0 unspecified atom stereocenters. The van der Waals surface area contributed by atoms with Crippen LogP contribution in [0, 0.1) is 11.7 Å². The predicted octanol–water partition coefficient (Wildman–Crippen LogP) is 3.30. The van der Waals surface area contributed by atoms with Crippen LogP contribution in [0.4, 0.5) is 4.39 Å². The number of aromatic nitrogens is 3. The molecule has 3 aromatic rings. The van der Waals surface area contributed by atoms with Crippen molar-refractivity contribution in [3.63, 3.8) is 0 Å². The zero-order valence-electron chi connectivity index (χ0n) is 18.6. The van der Waals surface area contributed by atoms with Gasteiger partial charge in [0.25, 0.3) is 11.5 Å². The Balaban J connectivity index is 1.33. The molecule has 2 fully saturated rings. The fraction of sp³-hybridized carbons (Fsp3) is 0.480. The number of nitrogens with zero attached hydrogens (tertiary/aromatic N) is 4. The summed E-state index contributed by atoms with van der Waals surface area (Å²) in [6.45, 7) is 3.27. The number of piperidine rings is 1. The topological polar surface area (TPSA) is 73.7 Å². The summed E-state index contributed by atoms with van der Waals surface area (Å²) in [6, 6.07) is 7.54. The summed E-state index contributed by atoms with van der Waals surface area (Å²) in [5.41, 5.74) is 3.40. The number of likely N-dealkylation sites (tertiary alicyclic amines) is 1. The lowest BCUT2D eigenvalue weighted by Crippen LogP contribution is -2.39. The first-order valence-electron chi connectivity index (χ1n) is 12.0. The van der Waals surface area contributed by atoms with Crippen LogP contribution in [0.5, 0.6) is 0 Å². The lowest BCUT2D eigenvalue weighted by Gasteiger charge is -2.35. The van der Waals surface area contributed by atoms with Crippen LogP contribution in [-0.2, 0) is 13.0 Å². The van der Waals surface area contributed by atoms with Gasteiger partial charge in [-0.1, -0.05) is 6.07 Å². The van der Waals surface area contributed by atoms with E-state index in [0.29, 0.717) is 24.3 Å². The molecule has 1 aliphatic carbocycles. The highest BCUT2D eigenvalue weighted by atomic mass is 19.1. The highest BCUT2D eigenvalue weighted by molar-refractivity contribution is 5.94. The summed E-state index contributed by atoms with van der Waals surface area (Å²) in [4.78, 5) is 35.5. The average molecular weight is 450 g/mol. The number of nitrogens with one attached hydrogen (secondary N) is 1. The molecule has 0 bridgehead atoms. The number of carbonyl (C=O) groups is 1. The number of halogens is 1. The molecule has 8 heteroatoms. The van der Waals surface area contributed by atoms with Gasteiger partial charge in [-0.2, -0.15) is 0 Å². The molecule has 1 N–H and O–H groups in total. The van der Waals surface area contributed by atoms with Crippen LogP contribution in [0.3, 0.4) is 0 Å². The maximum absolute atomic E-state index is 13.7. The molecule has 172 valence electrons. The van der Waals surface area contributed by atoms with Gasteiger partial charge in [-0.15, -0.1) is 0 Å². The summed E-state index contributed by atoms with van der Waals surface area (Å²) in [5.74, 6) is 0.182. The summed E-state index contributed by atoms with van der Waals surface area (Å²) >= 11 is 0. The van der Waals surface area contributed by atoms with Gasteiger partial charge in [0.05, 0.1) is 23.0 Å². The van der Waals surface area contributed by atoms with E-state index in [1.54, 1.807) is 17.0 Å². The van der Waals surface area contributed by atoms with Gasteiger partial charge >= 0.3 is 0 Å². The third-order valence-electron chi connectivity index (χ3n) is 7.27. The van der Waals surface area contributed by atoms with E-state index in [1.165, 1.54) is 29.5 Å². The average Bonchev–Trinajstić information content (AvgIpc) is 3.54. The minimum atomic E-state index is -0.419. The summed E-state index contributed by atoms with van der Waals surface area (Å²) in [5, 5.41) is 3.25. The van der Waals surface area contributed by atoms with Crippen molar-refractivity contribution in [1.29, 1.82) is 0 Å². The fourth-order valence-corrected chi connectivity index (χ4v) is 5.33. The standard InChI is InChI=1S/C25H28FN5O2/c26-18-5-3-4-17(12-18)24(32)30-10-2-1-6-22(30)21-13-23-27-20-9-11-29(14-16-7-8-16)15-19(20)25(33)31(23)28-21/h3-5,12-13,16,22,28H,1-2,6-11,14-15H2/t22-/m0/s1. The van der Waals surface area contributed by atoms with Crippen molar-refractivity contribution in [2.75, 3.05) is 19.6 Å². The van der Waals surface area contributed by atoms with Gasteiger partial charge in [0, 0.05) is 44.2 Å². The Labute approximate surface area is 191 Å². The maximum atomic E-state index is 13.7. The molecule has 1 saturated carbocycles. The van der Waals surface area contributed by atoms with E-state index in [9.17, 15) is 14.0 Å². The lowest BCUT2D eigenvalue weighted by atomic mass is 9.98. The highest BCUT2D eigenvalue weighted by Crippen LogP contribution is 2.33. The first-order chi connectivity index (χ1) is 16.1. The molecule has 1 aromatic carbocycles. The minimum absolute atomic E-state index is 0.0411. The molecule has 2 aliphatic heterocycles. The van der Waals surface area contributed by atoms with Gasteiger partial charge in [-0.3, -0.25) is 19.6 Å². The van der Waals surface area contributed by atoms with Crippen molar-refractivity contribution < 1.29 is 9.18 Å². The minimum Gasteiger partial charge on any atom is -0.330 e. The van der Waals surface area contributed by atoms with E-state index in [4.69, 9.17) is 4.98 Å². The number of rotatable bonds is 4. The second-order valence-electron chi connectivity index (χ2n) is 9.70. The predicted molar refractivity (Wildman–Crippen MR) is 122 cm³/mol. The Hall–Kier alpha value is -3.00. The molecule has 0 spiro atoms. The van der Waals surface area contributed by atoms with E-state index in [-0.39, 0.29) is 17.5 Å². The number of amides is 1. The third kappa shape index (κ3) is 3.86. The molecule has 33 heavy (non-hydrogen) atoms. The molecule has 7 nitrogen and oxygen atoms in total. The monoisotopic (exact) mass is 449 g/mol. The number of H-pyrrole nitrogens is 1. The number of aromatic amines is 1. The Kier molecular flexibility index (Phi) is 5.05. The second-order valence-corrected chi connectivity index (χ2v) is 9.70. The number of hydrogen-bond acceptors (Lipinski definition) is 4. The molecule has 3 aliphatic rings. The molecular weight excluding hydrogens is 421 g/mol. The van der Waals surface area contributed by atoms with Crippen LogP contribution in [-0.4, -0.2) is 49.9 Å². The lowest BCUT2D eigenvalue weighted by molar-refractivity contribution is 0.0605. The quantitative estimate of drug-likeness (QED) is 0.663. The van der Waals surface area contributed by atoms with Gasteiger partial charge in [-0.25, -0.2) is 13.9 Å². The molecule has 0 radical (unpaired) electrons. The van der Waals surface area contributed by atoms with Crippen molar-refractivity contribution in [2.45, 2.75) is 51.1 Å². The highest BCUT2D eigenvalue weighted by Gasteiger charge is 2.32. The number of carbonyl (C=O) groups excluding carboxylic acids is 1. The zero-order chi connectivity index (χ0) is 22.5. The number of benzene rings is 1. The van der Waals surface area contributed by atoms with Crippen LogP contribution < -0.4 is 5.56 Å². The molecular formula is C25H28FN5O2. The number of hydrogen-bond donors (Lipinski definition) is 1. The summed E-state index contributed by atoms with van der Waals surface area (Å²) in [7, 11) is 0. The van der Waals surface area contributed by atoms with E-state index in [1.807, 2.05) is 6.07 Å². The van der Waals surface area contributed by atoms with Crippen LogP contribution >= 0.6 is 0 Å². The van der Waals surface area contributed by atoms with E-state index < -0.39 is 5.82 Å². The van der Waals surface area contributed by atoms with Crippen LogP contribution in [0.15, 0.2) is 35.1 Å². The molecule has 1 amide bonds. The van der Waals surface area contributed by atoms with Gasteiger partial charge in [-0.05, 0) is 56.2 Å². The van der Waals surface area contributed by atoms with Crippen molar-refractivity contribution in [2.24, 2.45) is 5.92 Å². The molecule has 1 atom stereocenters. The van der Waals surface area contributed by atoms with E-state index in [2.05, 4.69) is 10.00 Å². The van der Waals surface area contributed by atoms with E-state index in [0.717, 1.165) is 61.6 Å². The zero-order valence-corrected chi connectivity index (χ0v) is 18.6. The summed E-state index contributed by atoms with van der Waals surface area (Å²) in [6.07, 6.45) is 6.07. The molecule has 2 aromatic heterocycles. The Morgan fingerprint density at radius 3 is 2.85 bits per heavy atom. The van der Waals surface area contributed by atoms with Gasteiger partial charge in [0.1, 0.15) is 5.82 Å². The molecule has 6 rings (SSSR count). The normalized spacial score (nSPS) is 21.4. The van der Waals surface area contributed by atoms with Crippen LogP contribution in [0.1, 0.15) is 65.5 Å². The molecule has 1 saturated heterocycles. The van der Waals surface area contributed by atoms with Gasteiger partial charge in [0.15, 0.2) is 5.65 Å². The SMILES string of the molecule is O=C(c1cccc(F)c1)N1CCCC[C@H]1c1cc2nc3c(c(=O)n2[nH]1)CN(CC1CC1)CC3. The Morgan fingerprint density at radius 1 is 1.15 bits per heavy atom. The van der Waals surface area contributed by atoms with Crippen molar-refractivity contribution in [1.82, 2.24) is 24.4 Å². The Morgan fingerprint density at radius 2 is 2.03 bits per heavy atom. The first-order valence-corrected chi connectivity index (χ1v) is 12.0. The van der Waals surface area contributed by atoms with Crippen LogP contribution in [0.25, 0.3) is 5.65 Å². The van der Waals surface area contributed by atoms with Crippen LogP contribution in [0.2, 0.25) is 0 Å². The second kappa shape index (κ2) is 8.09. The van der Waals surface area contributed by atoms with Crippen molar-refractivity contribution in [3.8, 4) is 0 Å². The first kappa shape index (κ1) is 20.6. The molecule has 4 heterocycles. The fourth-order valence-electron chi connectivity index (χ4n) is 5.33. The maximum Gasteiger partial charge on any atom is 0.277 e. The Bertz CT molecular complexity index is 1280.